The average Bonchev–Trinajstić information content (AvgIpc) is 1.86. The fourth-order valence-corrected chi connectivity index (χ4v) is 0.520. The van der Waals surface area contributed by atoms with Crippen molar-refractivity contribution < 1.29 is 9.90 Å². The number of amides is 1. The van der Waals surface area contributed by atoms with Gasteiger partial charge in [-0.1, -0.05) is 20.8 Å². The van der Waals surface area contributed by atoms with Crippen LogP contribution in [0.5, 0.6) is 0 Å². The number of rotatable bonds is 0. The molecular formula is C7H16N2O2S. The Morgan fingerprint density at radius 1 is 1.58 bits per heavy atom. The van der Waals surface area contributed by atoms with Crippen LogP contribution in [-0.4, -0.2) is 24.5 Å². The van der Waals surface area contributed by atoms with Gasteiger partial charge in [0, 0.05) is 13.3 Å². The summed E-state index contributed by atoms with van der Waals surface area (Å²) in [4.78, 5) is 9.26. The predicted octanol–water partition coefficient (Wildman–Crippen LogP) is 1.83. The maximum absolute atomic E-state index is 9.26. The Kier molecular flexibility index (Phi) is 8.04. The van der Waals surface area contributed by atoms with Crippen molar-refractivity contribution in [3.05, 3.63) is 0 Å². The molecule has 0 rings (SSSR count). The van der Waals surface area contributed by atoms with Crippen LogP contribution in [0.15, 0.2) is 4.40 Å². The highest BCUT2D eigenvalue weighted by molar-refractivity contribution is 7.78. The van der Waals surface area contributed by atoms with E-state index in [2.05, 4.69) is 38.0 Å². The van der Waals surface area contributed by atoms with E-state index in [1.807, 2.05) is 5.32 Å². The molecule has 0 aromatic heterocycles. The van der Waals surface area contributed by atoms with Gasteiger partial charge in [-0.05, 0) is 18.2 Å². The Hall–Kier alpha value is -0.710. The van der Waals surface area contributed by atoms with E-state index in [0.717, 1.165) is 0 Å². The van der Waals surface area contributed by atoms with Gasteiger partial charge in [-0.2, -0.15) is 0 Å². The van der Waals surface area contributed by atoms with E-state index in [0.29, 0.717) is 0 Å². The first-order valence-corrected chi connectivity index (χ1v) is 3.82. The molecule has 0 spiro atoms. The second-order valence-corrected chi connectivity index (χ2v) is 3.40. The normalized spacial score (nSPS) is 10.4. The largest absolute Gasteiger partial charge is 0.465 e. The molecule has 0 atom stereocenters. The van der Waals surface area contributed by atoms with Gasteiger partial charge < -0.3 is 10.4 Å². The standard InChI is InChI=1S/C5H11NS.C2H5NO2/c1-5(2,3)4-6-7;1-3-2(4)5/h4,7H,1-3H3;3H,1H3,(H,4,5). The van der Waals surface area contributed by atoms with E-state index >= 15 is 0 Å². The van der Waals surface area contributed by atoms with Crippen molar-refractivity contribution >= 4 is 25.1 Å². The van der Waals surface area contributed by atoms with Crippen molar-refractivity contribution in [3.8, 4) is 0 Å². The molecule has 0 saturated heterocycles. The Balaban J connectivity index is 0. The van der Waals surface area contributed by atoms with Crippen LogP contribution in [0.4, 0.5) is 4.79 Å². The van der Waals surface area contributed by atoms with Crippen molar-refractivity contribution in [2.24, 2.45) is 9.81 Å². The fraction of sp³-hybridized carbons (Fsp3) is 0.714. The van der Waals surface area contributed by atoms with Crippen LogP contribution >= 0.6 is 12.8 Å². The summed E-state index contributed by atoms with van der Waals surface area (Å²) in [7, 11) is 1.35. The third-order valence-electron chi connectivity index (χ3n) is 0.659. The maximum Gasteiger partial charge on any atom is 0.404 e. The third kappa shape index (κ3) is 22.8. The second-order valence-electron chi connectivity index (χ2n) is 3.17. The highest BCUT2D eigenvalue weighted by Crippen LogP contribution is 2.08. The van der Waals surface area contributed by atoms with E-state index < -0.39 is 6.09 Å². The van der Waals surface area contributed by atoms with E-state index in [-0.39, 0.29) is 5.41 Å². The smallest absolute Gasteiger partial charge is 0.404 e. The summed E-state index contributed by atoms with van der Waals surface area (Å²) in [6.07, 6.45) is 0.806. The van der Waals surface area contributed by atoms with Gasteiger partial charge in [0.1, 0.15) is 0 Å². The minimum atomic E-state index is -0.995. The first-order valence-electron chi connectivity index (χ1n) is 3.42. The second kappa shape index (κ2) is 6.97. The summed E-state index contributed by atoms with van der Waals surface area (Å²) in [6, 6.07) is 0. The quantitative estimate of drug-likeness (QED) is 0.405. The van der Waals surface area contributed by atoms with Crippen molar-refractivity contribution in [2.45, 2.75) is 20.8 Å². The van der Waals surface area contributed by atoms with E-state index in [9.17, 15) is 4.79 Å². The van der Waals surface area contributed by atoms with Gasteiger partial charge in [-0.15, -0.1) is 0 Å². The number of nitrogens with one attached hydrogen (secondary N) is 1. The monoisotopic (exact) mass is 192 g/mol. The molecule has 4 nitrogen and oxygen atoms in total. The highest BCUT2D eigenvalue weighted by atomic mass is 32.1. The fourth-order valence-electron chi connectivity index (χ4n) is 0.173. The van der Waals surface area contributed by atoms with E-state index in [4.69, 9.17) is 5.11 Å². The molecule has 0 aliphatic carbocycles. The Bertz CT molecular complexity index is 152. The zero-order valence-electron chi connectivity index (χ0n) is 7.83. The molecule has 0 radical (unpaired) electrons. The topological polar surface area (TPSA) is 61.7 Å². The number of hydrogen-bond acceptors (Lipinski definition) is 3. The van der Waals surface area contributed by atoms with Crippen LogP contribution in [0.2, 0.25) is 0 Å². The highest BCUT2D eigenvalue weighted by Gasteiger charge is 2.02. The lowest BCUT2D eigenvalue weighted by Crippen LogP contribution is -2.13. The first-order chi connectivity index (χ1) is 5.33. The molecule has 0 bridgehead atoms. The zero-order valence-corrected chi connectivity index (χ0v) is 8.72. The molecule has 0 aromatic rings. The molecule has 0 heterocycles. The van der Waals surface area contributed by atoms with Gasteiger partial charge in [-0.3, -0.25) is 0 Å². The zero-order chi connectivity index (χ0) is 10.2. The van der Waals surface area contributed by atoms with Crippen LogP contribution < -0.4 is 5.32 Å². The molecule has 0 aliphatic rings. The molecular weight excluding hydrogens is 176 g/mol. The van der Waals surface area contributed by atoms with Crippen molar-refractivity contribution in [1.29, 1.82) is 0 Å². The van der Waals surface area contributed by atoms with Gasteiger partial charge in [0.25, 0.3) is 0 Å². The molecule has 0 unspecified atom stereocenters. The molecule has 1 amide bonds. The number of carbonyl (C=O) groups is 1. The van der Waals surface area contributed by atoms with Gasteiger partial charge >= 0.3 is 6.09 Å². The lowest BCUT2D eigenvalue weighted by atomic mass is 10.00. The molecule has 0 fully saturated rings. The molecule has 12 heavy (non-hydrogen) atoms. The van der Waals surface area contributed by atoms with E-state index in [1.54, 1.807) is 6.21 Å². The Morgan fingerprint density at radius 2 is 1.92 bits per heavy atom. The van der Waals surface area contributed by atoms with Gasteiger partial charge in [0.15, 0.2) is 0 Å². The van der Waals surface area contributed by atoms with Crippen molar-refractivity contribution in [2.75, 3.05) is 7.05 Å². The molecule has 72 valence electrons. The van der Waals surface area contributed by atoms with Gasteiger partial charge in [-0.25, -0.2) is 9.19 Å². The van der Waals surface area contributed by atoms with Gasteiger partial charge in [0.05, 0.1) is 0 Å². The summed E-state index contributed by atoms with van der Waals surface area (Å²) >= 11 is 3.68. The van der Waals surface area contributed by atoms with Crippen LogP contribution in [0.25, 0.3) is 0 Å². The van der Waals surface area contributed by atoms with Gasteiger partial charge in [0.2, 0.25) is 0 Å². The van der Waals surface area contributed by atoms with E-state index in [1.165, 1.54) is 7.05 Å². The van der Waals surface area contributed by atoms with Crippen LogP contribution in [0.1, 0.15) is 20.8 Å². The average molecular weight is 192 g/mol. The van der Waals surface area contributed by atoms with Crippen LogP contribution in [0.3, 0.4) is 0 Å². The maximum atomic E-state index is 9.26. The number of nitrogens with zero attached hydrogens (tertiary/aromatic N) is 1. The summed E-state index contributed by atoms with van der Waals surface area (Å²) in [5.74, 6) is 0. The third-order valence-corrected chi connectivity index (χ3v) is 0.774. The molecule has 5 heteroatoms. The first kappa shape index (κ1) is 13.9. The lowest BCUT2D eigenvalue weighted by molar-refractivity contribution is 0.197. The minimum Gasteiger partial charge on any atom is -0.465 e. The SMILES string of the molecule is CC(C)(C)C=NS.CNC(=O)O. The molecule has 0 aromatic carbocycles. The summed E-state index contributed by atoms with van der Waals surface area (Å²) < 4.78 is 3.58. The Labute approximate surface area is 78.6 Å². The summed E-state index contributed by atoms with van der Waals surface area (Å²) in [6.45, 7) is 6.23. The lowest BCUT2D eigenvalue weighted by Gasteiger charge is -2.07. The summed E-state index contributed by atoms with van der Waals surface area (Å²) in [5, 5.41) is 9.56. The number of thiol groups is 1. The molecule has 0 aliphatic heterocycles. The predicted molar refractivity (Wildman–Crippen MR) is 54.0 cm³/mol. The van der Waals surface area contributed by atoms with Crippen LogP contribution in [0, 0.1) is 5.41 Å². The number of hydrogen-bond donors (Lipinski definition) is 3. The van der Waals surface area contributed by atoms with Crippen molar-refractivity contribution in [1.82, 2.24) is 5.32 Å². The summed E-state index contributed by atoms with van der Waals surface area (Å²) in [5.41, 5.74) is 0.182. The molecule has 0 saturated carbocycles. The van der Waals surface area contributed by atoms with Crippen LogP contribution in [-0.2, 0) is 0 Å². The van der Waals surface area contributed by atoms with Crippen molar-refractivity contribution in [3.63, 3.8) is 0 Å². The Morgan fingerprint density at radius 3 is 1.92 bits per heavy atom. The number of carboxylic acid groups (broad SMARTS) is 1. The molecule has 2 N–H and O–H groups in total. The minimum absolute atomic E-state index is 0.182.